The number of para-hydroxylation sites is 1. The molecule has 0 aliphatic carbocycles. The van der Waals surface area contributed by atoms with Gasteiger partial charge < -0.3 is 4.74 Å². The summed E-state index contributed by atoms with van der Waals surface area (Å²) in [6.07, 6.45) is 4.39. The molecule has 4 rings (SSSR count). The van der Waals surface area contributed by atoms with E-state index in [-0.39, 0.29) is 11.3 Å². The van der Waals surface area contributed by atoms with Crippen molar-refractivity contribution in [3.05, 3.63) is 116 Å². The average molecular weight is 505 g/mol. The van der Waals surface area contributed by atoms with E-state index in [0.29, 0.717) is 17.0 Å². The largest absolute Gasteiger partial charge is 0.496 e. The highest BCUT2D eigenvalue weighted by Gasteiger charge is 2.50. The van der Waals surface area contributed by atoms with Crippen molar-refractivity contribution in [3.8, 4) is 5.75 Å². The molecule has 0 saturated carbocycles. The van der Waals surface area contributed by atoms with Gasteiger partial charge in [-0.2, -0.15) is 0 Å². The number of nitrogens with zero attached hydrogens (tertiary/aromatic N) is 2. The normalized spacial score (nSPS) is 18.2. The molecule has 3 aromatic carbocycles. The summed E-state index contributed by atoms with van der Waals surface area (Å²) in [6.45, 7) is 3.70. The maximum absolute atomic E-state index is 13.7. The van der Waals surface area contributed by atoms with Crippen molar-refractivity contribution in [2.45, 2.75) is 19.2 Å². The van der Waals surface area contributed by atoms with Crippen molar-refractivity contribution in [3.63, 3.8) is 0 Å². The van der Waals surface area contributed by atoms with Gasteiger partial charge in [-0.05, 0) is 54.8 Å². The van der Waals surface area contributed by atoms with Gasteiger partial charge in [-0.25, -0.2) is 8.42 Å². The SMILES string of the molecule is COc1ccccc1/C=C\C=C1\C(=O)N(c2cc(C)cc(C)c2)[C@@H](c2cccc([N+](=O)[O-])c2)S1(=O)=O. The number of ether oxygens (including phenoxy) is 1. The number of anilines is 1. The average Bonchev–Trinajstić information content (AvgIpc) is 3.04. The number of amides is 1. The number of aryl methyl sites for hydroxylation is 2. The number of nitro groups is 1. The second-order valence-corrected chi connectivity index (χ2v) is 10.4. The molecule has 1 saturated heterocycles. The van der Waals surface area contributed by atoms with Crippen molar-refractivity contribution in [2.24, 2.45) is 0 Å². The zero-order valence-electron chi connectivity index (χ0n) is 19.9. The summed E-state index contributed by atoms with van der Waals surface area (Å²) in [4.78, 5) is 25.2. The predicted molar refractivity (Wildman–Crippen MR) is 138 cm³/mol. The smallest absolute Gasteiger partial charge is 0.271 e. The van der Waals surface area contributed by atoms with Gasteiger partial charge in [0.15, 0.2) is 5.37 Å². The first-order valence-corrected chi connectivity index (χ1v) is 12.6. The Morgan fingerprint density at radius 1 is 1.00 bits per heavy atom. The van der Waals surface area contributed by atoms with Crippen LogP contribution in [0.2, 0.25) is 0 Å². The lowest BCUT2D eigenvalue weighted by Crippen LogP contribution is -2.29. The second-order valence-electron chi connectivity index (χ2n) is 8.40. The number of methoxy groups -OCH3 is 1. The molecular weight excluding hydrogens is 480 g/mol. The third-order valence-electron chi connectivity index (χ3n) is 5.78. The molecule has 1 heterocycles. The van der Waals surface area contributed by atoms with Crippen LogP contribution in [0.15, 0.2) is 83.8 Å². The number of hydrogen-bond acceptors (Lipinski definition) is 6. The van der Waals surface area contributed by atoms with Gasteiger partial charge in [0.1, 0.15) is 10.7 Å². The Hall–Kier alpha value is -4.24. The molecule has 8 nitrogen and oxygen atoms in total. The number of rotatable bonds is 6. The molecule has 36 heavy (non-hydrogen) atoms. The maximum Gasteiger partial charge on any atom is 0.271 e. The third kappa shape index (κ3) is 4.65. The molecule has 1 aliphatic heterocycles. The zero-order valence-corrected chi connectivity index (χ0v) is 20.7. The number of sulfone groups is 1. The van der Waals surface area contributed by atoms with Crippen LogP contribution in [-0.4, -0.2) is 26.4 Å². The number of allylic oxidation sites excluding steroid dienone is 2. The van der Waals surface area contributed by atoms with Crippen LogP contribution in [0.5, 0.6) is 5.75 Å². The molecular formula is C27H24N2O6S. The molecule has 184 valence electrons. The van der Waals surface area contributed by atoms with Crippen LogP contribution in [0.3, 0.4) is 0 Å². The van der Waals surface area contributed by atoms with Gasteiger partial charge in [0.05, 0.1) is 12.0 Å². The Kier molecular flexibility index (Phi) is 6.76. The lowest BCUT2D eigenvalue weighted by molar-refractivity contribution is -0.384. The molecule has 9 heteroatoms. The van der Waals surface area contributed by atoms with Crippen LogP contribution in [0.25, 0.3) is 6.08 Å². The number of carbonyl (C=O) groups excluding carboxylic acids is 1. The summed E-state index contributed by atoms with van der Waals surface area (Å²) < 4.78 is 32.8. The Bertz CT molecular complexity index is 1500. The van der Waals surface area contributed by atoms with E-state index in [4.69, 9.17) is 4.74 Å². The minimum Gasteiger partial charge on any atom is -0.496 e. The lowest BCUT2D eigenvalue weighted by Gasteiger charge is -2.24. The Morgan fingerprint density at radius 3 is 2.36 bits per heavy atom. The highest BCUT2D eigenvalue weighted by Crippen LogP contribution is 2.44. The third-order valence-corrected chi connectivity index (χ3v) is 7.77. The Labute approximate surface area is 209 Å². The highest BCUT2D eigenvalue weighted by molar-refractivity contribution is 7.97. The van der Waals surface area contributed by atoms with E-state index in [2.05, 4.69) is 0 Å². The van der Waals surface area contributed by atoms with E-state index >= 15 is 0 Å². The topological polar surface area (TPSA) is 107 Å². The highest BCUT2D eigenvalue weighted by atomic mass is 32.2. The molecule has 1 amide bonds. The molecule has 0 unspecified atom stereocenters. The number of hydrogen-bond donors (Lipinski definition) is 0. The minimum atomic E-state index is -4.23. The first-order valence-electron chi connectivity index (χ1n) is 11.0. The van der Waals surface area contributed by atoms with Crippen LogP contribution >= 0.6 is 0 Å². The summed E-state index contributed by atoms with van der Waals surface area (Å²) in [5, 5.41) is 9.92. The number of benzene rings is 3. The van der Waals surface area contributed by atoms with Gasteiger partial charge in [0, 0.05) is 23.4 Å². The molecule has 3 aromatic rings. The van der Waals surface area contributed by atoms with Gasteiger partial charge in [0.25, 0.3) is 11.6 Å². The second kappa shape index (κ2) is 9.79. The van der Waals surface area contributed by atoms with E-state index in [1.165, 1.54) is 48.4 Å². The van der Waals surface area contributed by atoms with E-state index in [1.807, 2.05) is 32.0 Å². The van der Waals surface area contributed by atoms with Gasteiger partial charge in [-0.15, -0.1) is 0 Å². The van der Waals surface area contributed by atoms with Crippen molar-refractivity contribution in [1.82, 2.24) is 0 Å². The van der Waals surface area contributed by atoms with Crippen molar-refractivity contribution >= 4 is 33.2 Å². The fourth-order valence-corrected chi connectivity index (χ4v) is 6.13. The predicted octanol–water partition coefficient (Wildman–Crippen LogP) is 5.28. The fraction of sp³-hybridized carbons (Fsp3) is 0.148. The van der Waals surface area contributed by atoms with Gasteiger partial charge in [0.2, 0.25) is 9.84 Å². The molecule has 0 spiro atoms. The molecule has 1 fully saturated rings. The number of carbonyl (C=O) groups is 1. The van der Waals surface area contributed by atoms with E-state index in [1.54, 1.807) is 30.3 Å². The quantitative estimate of drug-likeness (QED) is 0.257. The summed E-state index contributed by atoms with van der Waals surface area (Å²) in [5.74, 6) is -0.111. The van der Waals surface area contributed by atoms with Gasteiger partial charge in [-0.3, -0.25) is 19.8 Å². The van der Waals surface area contributed by atoms with Crippen molar-refractivity contribution in [2.75, 3.05) is 12.0 Å². The summed E-state index contributed by atoms with van der Waals surface area (Å²) in [5.41, 5.74) is 2.68. The molecule has 0 N–H and O–H groups in total. The molecule has 1 atom stereocenters. The minimum absolute atomic E-state index is 0.133. The van der Waals surface area contributed by atoms with Crippen LogP contribution in [0.1, 0.15) is 27.6 Å². The standard InChI is InChI=1S/C27H24N2O6S/c1-18-14-19(2)16-23(15-18)28-26(30)25(13-7-9-20-8-4-5-12-24(20)35-3)36(33,34)27(28)21-10-6-11-22(17-21)29(31)32/h4-17,27H,1-3H3/b9-7-,25-13-/t27-/m1/s1. The zero-order chi connectivity index (χ0) is 26.0. The summed E-state index contributed by atoms with van der Waals surface area (Å²) >= 11 is 0. The molecule has 0 aromatic heterocycles. The monoisotopic (exact) mass is 504 g/mol. The summed E-state index contributed by atoms with van der Waals surface area (Å²) in [7, 11) is -2.70. The van der Waals surface area contributed by atoms with E-state index in [0.717, 1.165) is 11.1 Å². The molecule has 1 aliphatic rings. The number of nitro benzene ring substituents is 1. The van der Waals surface area contributed by atoms with Crippen LogP contribution in [0.4, 0.5) is 11.4 Å². The number of non-ortho nitro benzene ring substituents is 1. The maximum atomic E-state index is 13.7. The van der Waals surface area contributed by atoms with Crippen LogP contribution in [-0.2, 0) is 14.6 Å². The first kappa shape index (κ1) is 24.9. The summed E-state index contributed by atoms with van der Waals surface area (Å²) in [6, 6.07) is 17.9. The van der Waals surface area contributed by atoms with E-state index < -0.39 is 30.9 Å². The fourth-order valence-electron chi connectivity index (χ4n) is 4.28. The Balaban J connectivity index is 1.87. The Morgan fingerprint density at radius 2 is 1.69 bits per heavy atom. The van der Waals surface area contributed by atoms with E-state index in [9.17, 15) is 23.3 Å². The van der Waals surface area contributed by atoms with Gasteiger partial charge in [-0.1, -0.05) is 48.6 Å². The van der Waals surface area contributed by atoms with Crippen molar-refractivity contribution in [1.29, 1.82) is 0 Å². The molecule has 0 bridgehead atoms. The van der Waals surface area contributed by atoms with Gasteiger partial charge >= 0.3 is 0 Å². The van der Waals surface area contributed by atoms with Crippen molar-refractivity contribution < 1.29 is 22.9 Å². The molecule has 0 radical (unpaired) electrons. The van der Waals surface area contributed by atoms with Crippen LogP contribution in [0, 0.1) is 24.0 Å². The van der Waals surface area contributed by atoms with Crippen LogP contribution < -0.4 is 9.64 Å². The first-order chi connectivity index (χ1) is 17.1. The lowest BCUT2D eigenvalue weighted by atomic mass is 10.1.